The average Bonchev–Trinajstić information content (AvgIpc) is 3.28. The summed E-state index contributed by atoms with van der Waals surface area (Å²) < 4.78 is 11.5. The lowest BCUT2D eigenvalue weighted by molar-refractivity contribution is -0.128. The number of nitrogens with zero attached hydrogens (tertiary/aromatic N) is 3. The fraction of sp³-hybridized carbons (Fsp3) is 0.704. The van der Waals surface area contributed by atoms with E-state index in [2.05, 4.69) is 27.2 Å². The van der Waals surface area contributed by atoms with Gasteiger partial charge in [0.15, 0.2) is 11.6 Å². The Kier molecular flexibility index (Phi) is 8.30. The van der Waals surface area contributed by atoms with Gasteiger partial charge in [-0.2, -0.15) is 4.98 Å². The van der Waals surface area contributed by atoms with Crippen LogP contribution in [0.1, 0.15) is 77.5 Å². The van der Waals surface area contributed by atoms with Crippen LogP contribution in [0.5, 0.6) is 5.88 Å². The van der Waals surface area contributed by atoms with E-state index in [-0.39, 0.29) is 35.2 Å². The fourth-order valence-corrected chi connectivity index (χ4v) is 6.10. The van der Waals surface area contributed by atoms with E-state index in [0.29, 0.717) is 55.6 Å². The molecule has 1 aromatic rings. The van der Waals surface area contributed by atoms with Gasteiger partial charge in [0.2, 0.25) is 5.88 Å². The summed E-state index contributed by atoms with van der Waals surface area (Å²) >= 11 is 0. The van der Waals surface area contributed by atoms with E-state index in [0.717, 1.165) is 38.6 Å². The van der Waals surface area contributed by atoms with Crippen LogP contribution in [0.15, 0.2) is 11.6 Å². The molecule has 0 bridgehead atoms. The molecule has 9 nitrogen and oxygen atoms in total. The number of hydrogen-bond acceptors (Lipinski definition) is 9. The Morgan fingerprint density at radius 3 is 2.72 bits per heavy atom. The molecule has 1 spiro atoms. The van der Waals surface area contributed by atoms with Crippen molar-refractivity contribution in [3.8, 4) is 5.88 Å². The molecule has 0 unspecified atom stereocenters. The van der Waals surface area contributed by atoms with E-state index in [1.807, 2.05) is 13.8 Å². The summed E-state index contributed by atoms with van der Waals surface area (Å²) in [5.41, 5.74) is -0.0500. The highest BCUT2D eigenvalue weighted by atomic mass is 16.5. The van der Waals surface area contributed by atoms with Crippen LogP contribution in [0.2, 0.25) is 0 Å². The SMILES string of the molecule is COC[C@H](C)Nc1cc(O[C@@H](C)[C@@H]2CCCN2C)nc(/C(O)=C2\CCC[C@@]3(CCCCC3=O)C2=N)n1. The molecule has 198 valence electrons. The molecular weight excluding hydrogens is 458 g/mol. The van der Waals surface area contributed by atoms with Gasteiger partial charge in [-0.1, -0.05) is 6.42 Å². The smallest absolute Gasteiger partial charge is 0.219 e. The first-order valence-electron chi connectivity index (χ1n) is 13.3. The number of Topliss-reactive ketones (excluding diaryl/α,β-unsaturated/α-hetero) is 1. The second-order valence-electron chi connectivity index (χ2n) is 10.7. The lowest BCUT2D eigenvalue weighted by Crippen LogP contribution is -2.44. The van der Waals surface area contributed by atoms with Crippen molar-refractivity contribution in [3.05, 3.63) is 17.5 Å². The van der Waals surface area contributed by atoms with E-state index >= 15 is 0 Å². The zero-order valence-electron chi connectivity index (χ0n) is 22.1. The van der Waals surface area contributed by atoms with Gasteiger partial charge in [-0.15, -0.1) is 0 Å². The molecule has 2 heterocycles. The Morgan fingerprint density at radius 1 is 1.25 bits per heavy atom. The highest BCUT2D eigenvalue weighted by Gasteiger charge is 2.47. The van der Waals surface area contributed by atoms with Crippen LogP contribution >= 0.6 is 0 Å². The topological polar surface area (TPSA) is 121 Å². The number of rotatable bonds is 8. The molecule has 2 aliphatic carbocycles. The third-order valence-electron chi connectivity index (χ3n) is 8.04. The number of allylic oxidation sites excluding steroid dienone is 1. The molecule has 3 N–H and O–H groups in total. The summed E-state index contributed by atoms with van der Waals surface area (Å²) in [5.74, 6) is 1.01. The molecule has 2 saturated carbocycles. The van der Waals surface area contributed by atoms with E-state index < -0.39 is 5.41 Å². The zero-order valence-corrected chi connectivity index (χ0v) is 22.1. The molecule has 36 heavy (non-hydrogen) atoms. The van der Waals surface area contributed by atoms with Crippen LogP contribution in [0.25, 0.3) is 5.76 Å². The van der Waals surface area contributed by atoms with Gasteiger partial charge in [0.05, 0.1) is 17.7 Å². The maximum atomic E-state index is 12.9. The zero-order chi connectivity index (χ0) is 25.9. The number of likely N-dealkylation sites (tertiary alicyclic amines) is 1. The second kappa shape index (κ2) is 11.3. The summed E-state index contributed by atoms with van der Waals surface area (Å²) in [7, 11) is 3.75. The number of ether oxygens (including phenoxy) is 2. The number of carbonyl (C=O) groups excluding carboxylic acids is 1. The number of ketones is 1. The van der Waals surface area contributed by atoms with Gasteiger partial charge in [0.25, 0.3) is 0 Å². The molecule has 3 aliphatic rings. The van der Waals surface area contributed by atoms with Crippen LogP contribution < -0.4 is 10.1 Å². The number of hydrogen-bond donors (Lipinski definition) is 3. The predicted molar refractivity (Wildman–Crippen MR) is 140 cm³/mol. The maximum Gasteiger partial charge on any atom is 0.219 e. The molecule has 1 aliphatic heterocycles. The van der Waals surface area contributed by atoms with E-state index in [1.165, 1.54) is 0 Å². The first kappa shape index (κ1) is 26.5. The first-order chi connectivity index (χ1) is 17.2. The largest absolute Gasteiger partial charge is 0.504 e. The summed E-state index contributed by atoms with van der Waals surface area (Å²) in [6, 6.07) is 2.02. The van der Waals surface area contributed by atoms with Crippen molar-refractivity contribution in [2.45, 2.75) is 89.8 Å². The van der Waals surface area contributed by atoms with Gasteiger partial charge in [0, 0.05) is 37.3 Å². The third-order valence-corrected chi connectivity index (χ3v) is 8.04. The van der Waals surface area contributed by atoms with Crippen LogP contribution in [0.4, 0.5) is 5.82 Å². The van der Waals surface area contributed by atoms with Crippen molar-refractivity contribution in [2.24, 2.45) is 5.41 Å². The molecular formula is C27H41N5O4. The Hall–Kier alpha value is -2.52. The average molecular weight is 500 g/mol. The fourth-order valence-electron chi connectivity index (χ4n) is 6.10. The number of methoxy groups -OCH3 is 1. The van der Waals surface area contributed by atoms with Crippen molar-refractivity contribution in [1.82, 2.24) is 14.9 Å². The number of nitrogens with one attached hydrogen (secondary N) is 2. The molecule has 0 aromatic carbocycles. The third kappa shape index (κ3) is 5.42. The van der Waals surface area contributed by atoms with Gasteiger partial charge < -0.3 is 25.3 Å². The van der Waals surface area contributed by atoms with Gasteiger partial charge in [-0.25, -0.2) is 4.98 Å². The normalized spacial score (nSPS) is 28.3. The predicted octanol–water partition coefficient (Wildman–Crippen LogP) is 4.39. The highest BCUT2D eigenvalue weighted by Crippen LogP contribution is 2.46. The molecule has 0 radical (unpaired) electrons. The summed E-state index contributed by atoms with van der Waals surface area (Å²) in [6.45, 7) is 5.56. The minimum absolute atomic E-state index is 0.0186. The molecule has 0 amide bonds. The first-order valence-corrected chi connectivity index (χ1v) is 13.3. The molecule has 9 heteroatoms. The highest BCUT2D eigenvalue weighted by molar-refractivity contribution is 6.18. The Labute approximate surface area is 214 Å². The Bertz CT molecular complexity index is 1010. The van der Waals surface area contributed by atoms with Gasteiger partial charge >= 0.3 is 0 Å². The number of carbonyl (C=O) groups is 1. The van der Waals surface area contributed by atoms with Crippen molar-refractivity contribution in [1.29, 1.82) is 5.41 Å². The maximum absolute atomic E-state index is 12.9. The van der Waals surface area contributed by atoms with Gasteiger partial charge in [0.1, 0.15) is 17.7 Å². The minimum atomic E-state index is -0.774. The van der Waals surface area contributed by atoms with Crippen molar-refractivity contribution in [3.63, 3.8) is 0 Å². The lowest BCUT2D eigenvalue weighted by atomic mass is 9.62. The monoisotopic (exact) mass is 499 g/mol. The van der Waals surface area contributed by atoms with Gasteiger partial charge in [-0.05, 0) is 72.4 Å². The number of likely N-dealkylation sites (N-methyl/N-ethyl adjacent to an activating group) is 1. The number of aromatic nitrogens is 2. The summed E-state index contributed by atoms with van der Waals surface area (Å²) in [6.07, 6.45) is 7.08. The molecule has 4 atom stereocenters. The molecule has 1 saturated heterocycles. The number of anilines is 1. The number of aliphatic hydroxyl groups is 1. The number of aliphatic hydroxyl groups excluding tert-OH is 1. The van der Waals surface area contributed by atoms with E-state index in [1.54, 1.807) is 13.2 Å². The summed E-state index contributed by atoms with van der Waals surface area (Å²) in [5, 5.41) is 23.6. The Balaban J connectivity index is 1.67. The van der Waals surface area contributed by atoms with Crippen molar-refractivity contribution >= 4 is 23.1 Å². The molecule has 3 fully saturated rings. The lowest BCUT2D eigenvalue weighted by Gasteiger charge is -2.40. The van der Waals surface area contributed by atoms with Crippen LogP contribution in [0.3, 0.4) is 0 Å². The van der Waals surface area contributed by atoms with Crippen LogP contribution in [-0.2, 0) is 9.53 Å². The van der Waals surface area contributed by atoms with E-state index in [9.17, 15) is 9.90 Å². The minimum Gasteiger partial charge on any atom is -0.504 e. The summed E-state index contributed by atoms with van der Waals surface area (Å²) in [4.78, 5) is 24.4. The quantitative estimate of drug-likeness (QED) is 0.451. The molecule has 4 rings (SSSR count). The van der Waals surface area contributed by atoms with Crippen LogP contribution in [-0.4, -0.2) is 77.0 Å². The van der Waals surface area contributed by atoms with Gasteiger partial charge in [-0.3, -0.25) is 9.69 Å². The second-order valence-corrected chi connectivity index (χ2v) is 10.7. The Morgan fingerprint density at radius 2 is 2.03 bits per heavy atom. The standard InChI is InChI=1S/C27H41N5O4/c1-17(16-35-4)29-22-15-23(36-18(2)20-10-8-14-32(20)3)31-26(30-22)24(34)19-9-7-13-27(25(19)28)12-6-5-11-21(27)33/h15,17-18,20,28,34H,5-14,16H2,1-4H3,(H,29,30,31)/b24-19-,28-25?/t17-,18-,20-,27+/m0/s1. The molecule has 1 aromatic heterocycles. The van der Waals surface area contributed by atoms with E-state index in [4.69, 9.17) is 14.9 Å². The van der Waals surface area contributed by atoms with Crippen molar-refractivity contribution < 1.29 is 19.4 Å². The van der Waals surface area contributed by atoms with Crippen molar-refractivity contribution in [2.75, 3.05) is 32.6 Å². The van der Waals surface area contributed by atoms with Crippen LogP contribution in [0, 0.1) is 10.8 Å².